The molecule has 93 heavy (non-hydrogen) atoms. The van der Waals surface area contributed by atoms with Gasteiger partial charge in [-0.25, -0.2) is 0 Å². The topological polar surface area (TPSA) is 13.0 Å². The third kappa shape index (κ3) is 10.4. The third-order valence-corrected chi connectivity index (χ3v) is 22.9. The molecular formula is C88H64N4Si. The Hall–Kier alpha value is -12.0. The highest BCUT2D eigenvalue weighted by molar-refractivity contribution is 7.20. The summed E-state index contributed by atoms with van der Waals surface area (Å²) in [6, 6.07) is 144. The fourth-order valence-electron chi connectivity index (χ4n) is 14.1. The monoisotopic (exact) mass is 1200 g/mol. The number of anilines is 12. The zero-order valence-electron chi connectivity index (χ0n) is 51.2. The van der Waals surface area contributed by atoms with Crippen LogP contribution in [0.1, 0.15) is 0 Å². The predicted octanol–water partition coefficient (Wildman–Crippen LogP) is 21.6. The minimum Gasteiger partial charge on any atom is -0.310 e. The third-order valence-electron chi connectivity index (χ3n) is 18.2. The van der Waals surface area contributed by atoms with E-state index in [-0.39, 0.29) is 0 Å². The normalized spacial score (nSPS) is 11.4. The number of hydrogen-bond donors (Lipinski definition) is 0. The van der Waals surface area contributed by atoms with Crippen molar-refractivity contribution in [3.8, 4) is 0 Å². The summed E-state index contributed by atoms with van der Waals surface area (Å²) in [5, 5.41) is 14.2. The molecule has 0 aliphatic heterocycles. The van der Waals surface area contributed by atoms with Crippen LogP contribution in [0.15, 0.2) is 388 Å². The summed E-state index contributed by atoms with van der Waals surface area (Å²) in [5.74, 6) is 0. The molecule has 0 N–H and O–H groups in total. The van der Waals surface area contributed by atoms with E-state index < -0.39 is 8.07 Å². The molecule has 0 aromatic heterocycles. The average molecular weight is 1210 g/mol. The first kappa shape index (κ1) is 56.2. The molecule has 0 bridgehead atoms. The molecule has 440 valence electrons. The van der Waals surface area contributed by atoms with Gasteiger partial charge in [-0.1, -0.05) is 279 Å². The minimum atomic E-state index is -3.74. The Morgan fingerprint density at radius 3 is 0.602 bits per heavy atom. The van der Waals surface area contributed by atoms with E-state index in [1.165, 1.54) is 42.3 Å². The predicted molar refractivity (Wildman–Crippen MR) is 399 cm³/mol. The molecule has 0 atom stereocenters. The molecule has 0 radical (unpaired) electrons. The van der Waals surface area contributed by atoms with Gasteiger partial charge in [-0.05, 0) is 151 Å². The Kier molecular flexibility index (Phi) is 15.0. The number of nitrogens with zero attached hydrogens (tertiary/aromatic N) is 4. The standard InChI is InChI=1S/C88H64N4Si/c1-7-39-69(40-8-1)89(85-55-27-35-65-31-19-23-51-81(65)85)73-59-74(90(70-41-9-2-10-42-70)86-56-28-36-66-32-20-24-52-82(66)86)62-79(61-73)93(77-47-15-5-16-48-77,78-49-17-6-18-50-78)80-63-75(91(71-43-11-3-12-44-71)87-57-29-37-67-33-21-25-53-83(67)87)60-76(64-80)92(72-45-13-4-14-46-72)88-58-30-38-68-34-22-26-54-84(68)88/h1-64H. The molecule has 0 spiro atoms. The fourth-order valence-corrected chi connectivity index (χ4v) is 19.0. The SMILES string of the molecule is c1ccc(N(c2cc(N(c3ccccc3)c3cccc4ccccc34)cc([Si](c3ccccc3)(c3ccccc3)c3cc(N(c4ccccc4)c4cccc5ccccc45)cc(N(c4ccccc4)c4cccc5ccccc45)c3)c2)c2cccc3ccccc23)cc1. The van der Waals surface area contributed by atoms with Crippen molar-refractivity contribution < 1.29 is 0 Å². The van der Waals surface area contributed by atoms with Gasteiger partial charge in [0.05, 0.1) is 22.7 Å². The van der Waals surface area contributed by atoms with Crippen molar-refractivity contribution >= 4 is 140 Å². The summed E-state index contributed by atoms with van der Waals surface area (Å²) in [5.41, 5.74) is 12.6. The van der Waals surface area contributed by atoms with Crippen molar-refractivity contribution in [2.45, 2.75) is 0 Å². The summed E-state index contributed by atoms with van der Waals surface area (Å²) in [4.78, 5) is 9.98. The van der Waals surface area contributed by atoms with Gasteiger partial charge in [-0.15, -0.1) is 0 Å². The van der Waals surface area contributed by atoms with Crippen LogP contribution in [0.25, 0.3) is 43.1 Å². The fraction of sp³-hybridized carbons (Fsp3) is 0. The van der Waals surface area contributed by atoms with Crippen molar-refractivity contribution in [2.75, 3.05) is 19.6 Å². The quantitative estimate of drug-likeness (QED) is 0.0706. The van der Waals surface area contributed by atoms with E-state index in [1.807, 2.05) is 0 Å². The van der Waals surface area contributed by atoms with Crippen LogP contribution in [-0.4, -0.2) is 8.07 Å². The molecule has 16 rings (SSSR count). The van der Waals surface area contributed by atoms with Gasteiger partial charge < -0.3 is 19.6 Å². The number of para-hydroxylation sites is 4. The summed E-state index contributed by atoms with van der Waals surface area (Å²) < 4.78 is 0. The van der Waals surface area contributed by atoms with Gasteiger partial charge in [0, 0.05) is 67.0 Å². The summed E-state index contributed by atoms with van der Waals surface area (Å²) in [6.07, 6.45) is 0. The molecule has 4 nitrogen and oxygen atoms in total. The Morgan fingerprint density at radius 1 is 0.151 bits per heavy atom. The van der Waals surface area contributed by atoms with Gasteiger partial charge in [-0.3, -0.25) is 0 Å². The lowest BCUT2D eigenvalue weighted by molar-refractivity contribution is 1.26. The van der Waals surface area contributed by atoms with Gasteiger partial charge in [0.1, 0.15) is 0 Å². The molecule has 16 aromatic carbocycles. The van der Waals surface area contributed by atoms with Crippen molar-refractivity contribution in [2.24, 2.45) is 0 Å². The Balaban J connectivity index is 1.09. The number of fused-ring (bicyclic) bond motifs is 4. The number of hydrogen-bond acceptors (Lipinski definition) is 4. The molecule has 0 saturated carbocycles. The first-order valence-corrected chi connectivity index (χ1v) is 33.9. The number of benzene rings is 16. The van der Waals surface area contributed by atoms with Crippen molar-refractivity contribution in [3.63, 3.8) is 0 Å². The average Bonchev–Trinajstić information content (AvgIpc) is 0.721. The van der Waals surface area contributed by atoms with Crippen LogP contribution in [0.2, 0.25) is 0 Å². The van der Waals surface area contributed by atoms with E-state index in [2.05, 4.69) is 408 Å². The summed E-state index contributed by atoms with van der Waals surface area (Å²) in [7, 11) is -3.74. The molecule has 5 heteroatoms. The van der Waals surface area contributed by atoms with Crippen LogP contribution in [0.4, 0.5) is 68.2 Å². The molecule has 16 aromatic rings. The van der Waals surface area contributed by atoms with Gasteiger partial charge in [0.15, 0.2) is 8.07 Å². The molecule has 0 amide bonds. The van der Waals surface area contributed by atoms with E-state index in [9.17, 15) is 0 Å². The lowest BCUT2D eigenvalue weighted by Crippen LogP contribution is -2.74. The lowest BCUT2D eigenvalue weighted by atomic mass is 10.0. The van der Waals surface area contributed by atoms with Gasteiger partial charge >= 0.3 is 0 Å². The summed E-state index contributed by atoms with van der Waals surface area (Å²) >= 11 is 0. The Bertz CT molecular complexity index is 4660. The zero-order chi connectivity index (χ0) is 61.9. The van der Waals surface area contributed by atoms with E-state index >= 15 is 0 Å². The van der Waals surface area contributed by atoms with Crippen molar-refractivity contribution in [1.29, 1.82) is 0 Å². The maximum absolute atomic E-state index is 3.74. The first-order chi connectivity index (χ1) is 46.2. The van der Waals surface area contributed by atoms with Gasteiger partial charge in [0.2, 0.25) is 0 Å². The van der Waals surface area contributed by atoms with Crippen LogP contribution in [0.5, 0.6) is 0 Å². The van der Waals surface area contributed by atoms with Gasteiger partial charge in [-0.2, -0.15) is 0 Å². The highest BCUT2D eigenvalue weighted by atomic mass is 28.3. The Morgan fingerprint density at radius 2 is 0.355 bits per heavy atom. The van der Waals surface area contributed by atoms with Gasteiger partial charge in [0.25, 0.3) is 0 Å². The maximum Gasteiger partial charge on any atom is 0.179 e. The van der Waals surface area contributed by atoms with E-state index in [4.69, 9.17) is 0 Å². The second-order valence-corrected chi connectivity index (χ2v) is 27.4. The van der Waals surface area contributed by atoms with E-state index in [0.717, 1.165) is 89.8 Å². The largest absolute Gasteiger partial charge is 0.310 e. The lowest BCUT2D eigenvalue weighted by Gasteiger charge is -2.39. The zero-order valence-corrected chi connectivity index (χ0v) is 52.2. The van der Waals surface area contributed by atoms with E-state index in [0.29, 0.717) is 0 Å². The van der Waals surface area contributed by atoms with E-state index in [1.54, 1.807) is 0 Å². The maximum atomic E-state index is 2.54. The smallest absolute Gasteiger partial charge is 0.179 e. The highest BCUT2D eigenvalue weighted by Crippen LogP contribution is 2.47. The van der Waals surface area contributed by atoms with Crippen LogP contribution in [-0.2, 0) is 0 Å². The van der Waals surface area contributed by atoms with Crippen LogP contribution >= 0.6 is 0 Å². The Labute approximate surface area is 544 Å². The molecule has 0 saturated heterocycles. The molecule has 0 aliphatic rings. The van der Waals surface area contributed by atoms with Crippen molar-refractivity contribution in [3.05, 3.63) is 388 Å². The van der Waals surface area contributed by atoms with Crippen LogP contribution < -0.4 is 40.3 Å². The van der Waals surface area contributed by atoms with Crippen LogP contribution in [0.3, 0.4) is 0 Å². The highest BCUT2D eigenvalue weighted by Gasteiger charge is 2.44. The second kappa shape index (κ2) is 24.7. The van der Waals surface area contributed by atoms with Crippen LogP contribution in [0, 0.1) is 0 Å². The first-order valence-electron chi connectivity index (χ1n) is 31.9. The van der Waals surface area contributed by atoms with Crippen molar-refractivity contribution in [1.82, 2.24) is 0 Å². The molecular weight excluding hydrogens is 1140 g/mol. The molecule has 0 heterocycles. The minimum absolute atomic E-state index is 1.02. The molecule has 0 unspecified atom stereocenters. The summed E-state index contributed by atoms with van der Waals surface area (Å²) in [6.45, 7) is 0. The second-order valence-electron chi connectivity index (χ2n) is 23.6. The molecule has 0 aliphatic carbocycles. The number of rotatable bonds is 16. The molecule has 0 fully saturated rings.